The largest absolute Gasteiger partial charge is 0.451 e. The van der Waals surface area contributed by atoms with Gasteiger partial charge in [-0.25, -0.2) is 0 Å². The summed E-state index contributed by atoms with van der Waals surface area (Å²) in [6, 6.07) is 7.82. The van der Waals surface area contributed by atoms with Crippen molar-refractivity contribution in [2.75, 3.05) is 13.6 Å². The molecule has 1 N–H and O–H groups in total. The Morgan fingerprint density at radius 3 is 2.31 bits per heavy atom. The van der Waals surface area contributed by atoms with Gasteiger partial charge in [0.2, 0.25) is 6.29 Å². The van der Waals surface area contributed by atoms with Crippen LogP contribution < -0.4 is 14.8 Å². The maximum atomic E-state index is 5.64. The lowest BCUT2D eigenvalue weighted by Gasteiger charge is -2.09. The monoisotopic (exact) mass is 243 g/mol. The van der Waals surface area contributed by atoms with Gasteiger partial charge in [0.05, 0.1) is 0 Å². The Balaban J connectivity index is 0.00000128. The molecule has 0 unspecified atom stereocenters. The Bertz CT molecular complexity index is 295. The molecule has 0 saturated carbocycles. The Kier molecular flexibility index (Phi) is 5.43. The van der Waals surface area contributed by atoms with Crippen molar-refractivity contribution in [3.63, 3.8) is 0 Å². The molecule has 0 bridgehead atoms. The fourth-order valence-electron chi connectivity index (χ4n) is 1.68. The van der Waals surface area contributed by atoms with Crippen LogP contribution in [0.2, 0.25) is 0 Å². The van der Waals surface area contributed by atoms with Gasteiger partial charge in [0, 0.05) is 6.42 Å². The summed E-state index contributed by atoms with van der Waals surface area (Å²) < 4.78 is 11.3. The van der Waals surface area contributed by atoms with Crippen molar-refractivity contribution in [1.82, 2.24) is 5.32 Å². The minimum Gasteiger partial charge on any atom is -0.451 e. The second-order valence-corrected chi connectivity index (χ2v) is 3.71. The molecule has 1 aliphatic rings. The number of fused-ring (bicyclic) bond motifs is 1. The smallest absolute Gasteiger partial charge is 0.241 e. The number of ether oxygens (including phenoxy) is 2. The molecule has 1 aliphatic heterocycles. The topological polar surface area (TPSA) is 30.5 Å². The highest BCUT2D eigenvalue weighted by molar-refractivity contribution is 5.85. The van der Waals surface area contributed by atoms with Gasteiger partial charge in [-0.3, -0.25) is 0 Å². The van der Waals surface area contributed by atoms with Gasteiger partial charge in [0.15, 0.2) is 11.5 Å². The molecule has 2 rings (SSSR count). The number of unbranched alkanes of at least 4 members (excludes halogenated alkanes) is 1. The molecular formula is C12H18ClNO2. The van der Waals surface area contributed by atoms with Crippen LogP contribution in [-0.4, -0.2) is 19.9 Å². The average Bonchev–Trinajstić information content (AvgIpc) is 2.67. The van der Waals surface area contributed by atoms with Crippen molar-refractivity contribution in [2.24, 2.45) is 0 Å². The van der Waals surface area contributed by atoms with Gasteiger partial charge in [-0.1, -0.05) is 12.1 Å². The lowest BCUT2D eigenvalue weighted by atomic mass is 10.2. The third-order valence-corrected chi connectivity index (χ3v) is 2.48. The molecule has 4 heteroatoms. The van der Waals surface area contributed by atoms with Crippen molar-refractivity contribution >= 4 is 12.4 Å². The number of hydrogen-bond acceptors (Lipinski definition) is 3. The lowest BCUT2D eigenvalue weighted by Crippen LogP contribution is -2.18. The van der Waals surface area contributed by atoms with Crippen LogP contribution in [0.5, 0.6) is 11.5 Å². The molecule has 0 radical (unpaired) electrons. The molecule has 0 saturated heterocycles. The predicted molar refractivity (Wildman–Crippen MR) is 66.5 cm³/mol. The zero-order valence-electron chi connectivity index (χ0n) is 9.44. The summed E-state index contributed by atoms with van der Waals surface area (Å²) in [4.78, 5) is 0. The molecule has 0 fully saturated rings. The summed E-state index contributed by atoms with van der Waals surface area (Å²) in [6.45, 7) is 1.06. The molecule has 3 nitrogen and oxygen atoms in total. The summed E-state index contributed by atoms with van der Waals surface area (Å²) >= 11 is 0. The summed E-state index contributed by atoms with van der Waals surface area (Å²) in [6.07, 6.45) is 3.16. The van der Waals surface area contributed by atoms with Crippen LogP contribution >= 0.6 is 12.4 Å². The van der Waals surface area contributed by atoms with Gasteiger partial charge in [-0.05, 0) is 38.6 Å². The quantitative estimate of drug-likeness (QED) is 0.807. The zero-order valence-corrected chi connectivity index (χ0v) is 10.3. The average molecular weight is 244 g/mol. The zero-order chi connectivity index (χ0) is 10.5. The predicted octanol–water partition coefficient (Wildman–Crippen LogP) is 2.60. The molecule has 16 heavy (non-hydrogen) atoms. The van der Waals surface area contributed by atoms with E-state index in [1.165, 1.54) is 0 Å². The van der Waals surface area contributed by atoms with Crippen LogP contribution in [0, 0.1) is 0 Å². The lowest BCUT2D eigenvalue weighted by molar-refractivity contribution is 0.0397. The molecular weight excluding hydrogens is 226 g/mol. The van der Waals surface area contributed by atoms with Crippen LogP contribution in [0.1, 0.15) is 19.3 Å². The standard InChI is InChI=1S/C12H17NO2.ClH/c1-13-9-5-4-8-12-14-10-6-2-3-7-11(10)15-12;/h2-3,6-7,12-13H,4-5,8-9H2,1H3;1H. The Labute approximate surface area is 103 Å². The number of para-hydroxylation sites is 2. The van der Waals surface area contributed by atoms with Gasteiger partial charge in [0.1, 0.15) is 0 Å². The third-order valence-electron chi connectivity index (χ3n) is 2.48. The molecule has 0 aliphatic carbocycles. The van der Waals surface area contributed by atoms with E-state index < -0.39 is 0 Å². The first-order valence-corrected chi connectivity index (χ1v) is 5.47. The first-order valence-electron chi connectivity index (χ1n) is 5.47. The van der Waals surface area contributed by atoms with Gasteiger partial charge in [-0.2, -0.15) is 0 Å². The summed E-state index contributed by atoms with van der Waals surface area (Å²) in [5.74, 6) is 1.74. The van der Waals surface area contributed by atoms with E-state index in [1.54, 1.807) is 0 Å². The summed E-state index contributed by atoms with van der Waals surface area (Å²) in [7, 11) is 1.97. The Hall–Kier alpha value is -0.930. The van der Waals surface area contributed by atoms with Crippen LogP contribution in [0.4, 0.5) is 0 Å². The SMILES string of the molecule is CNCCCCC1Oc2ccccc2O1.Cl. The maximum Gasteiger partial charge on any atom is 0.241 e. The van der Waals surface area contributed by atoms with Crippen molar-refractivity contribution in [2.45, 2.75) is 25.6 Å². The van der Waals surface area contributed by atoms with Crippen molar-refractivity contribution in [3.05, 3.63) is 24.3 Å². The normalized spacial score (nSPS) is 13.6. The highest BCUT2D eigenvalue weighted by Crippen LogP contribution is 2.35. The van der Waals surface area contributed by atoms with E-state index in [4.69, 9.17) is 9.47 Å². The van der Waals surface area contributed by atoms with E-state index in [1.807, 2.05) is 31.3 Å². The second-order valence-electron chi connectivity index (χ2n) is 3.71. The van der Waals surface area contributed by atoms with Crippen molar-refractivity contribution in [1.29, 1.82) is 0 Å². The van der Waals surface area contributed by atoms with E-state index in [9.17, 15) is 0 Å². The highest BCUT2D eigenvalue weighted by atomic mass is 35.5. The number of rotatable bonds is 5. The fraction of sp³-hybridized carbons (Fsp3) is 0.500. The van der Waals surface area contributed by atoms with E-state index >= 15 is 0 Å². The number of benzene rings is 1. The molecule has 1 heterocycles. The van der Waals surface area contributed by atoms with Crippen molar-refractivity contribution in [3.8, 4) is 11.5 Å². The number of halogens is 1. The maximum absolute atomic E-state index is 5.64. The molecule has 0 spiro atoms. The van der Waals surface area contributed by atoms with Gasteiger partial charge in [0.25, 0.3) is 0 Å². The molecule has 0 aromatic heterocycles. The first-order chi connectivity index (χ1) is 7.40. The fourth-order valence-corrected chi connectivity index (χ4v) is 1.68. The minimum absolute atomic E-state index is 0. The van der Waals surface area contributed by atoms with E-state index in [-0.39, 0.29) is 18.7 Å². The van der Waals surface area contributed by atoms with Gasteiger partial charge in [-0.15, -0.1) is 12.4 Å². The van der Waals surface area contributed by atoms with E-state index in [0.29, 0.717) is 0 Å². The van der Waals surface area contributed by atoms with Crippen LogP contribution in [0.3, 0.4) is 0 Å². The summed E-state index contributed by atoms with van der Waals surface area (Å²) in [5.41, 5.74) is 0. The van der Waals surface area contributed by atoms with Gasteiger partial charge < -0.3 is 14.8 Å². The molecule has 1 aromatic rings. The summed E-state index contributed by atoms with van der Waals surface area (Å²) in [5, 5.41) is 3.13. The first kappa shape index (κ1) is 13.1. The number of hydrogen-bond donors (Lipinski definition) is 1. The van der Waals surface area contributed by atoms with E-state index in [0.717, 1.165) is 37.3 Å². The van der Waals surface area contributed by atoms with Crippen molar-refractivity contribution < 1.29 is 9.47 Å². The van der Waals surface area contributed by atoms with E-state index in [2.05, 4.69) is 5.32 Å². The van der Waals surface area contributed by atoms with Crippen LogP contribution in [-0.2, 0) is 0 Å². The Morgan fingerprint density at radius 2 is 1.75 bits per heavy atom. The third kappa shape index (κ3) is 3.29. The minimum atomic E-state index is -0.0840. The second kappa shape index (κ2) is 6.61. The molecule has 90 valence electrons. The van der Waals surface area contributed by atoms with Crippen LogP contribution in [0.25, 0.3) is 0 Å². The highest BCUT2D eigenvalue weighted by Gasteiger charge is 2.22. The molecule has 1 aromatic carbocycles. The number of nitrogens with one attached hydrogen (secondary N) is 1. The van der Waals surface area contributed by atoms with Crippen LogP contribution in [0.15, 0.2) is 24.3 Å². The molecule has 0 amide bonds. The van der Waals surface area contributed by atoms with Gasteiger partial charge >= 0.3 is 0 Å². The Morgan fingerprint density at radius 1 is 1.12 bits per heavy atom. The molecule has 0 atom stereocenters.